The van der Waals surface area contributed by atoms with Crippen molar-refractivity contribution in [3.05, 3.63) is 59.4 Å². The summed E-state index contributed by atoms with van der Waals surface area (Å²) in [5.74, 6) is 0.624. The van der Waals surface area contributed by atoms with Crippen molar-refractivity contribution in [3.8, 4) is 0 Å². The molecule has 0 bridgehead atoms. The molecule has 0 aliphatic heterocycles. The largest absolute Gasteiger partial charge is 0.453 e. The molecular weight excluding hydrogens is 282 g/mol. The molecule has 0 spiro atoms. The Balaban J connectivity index is 1.67. The van der Waals surface area contributed by atoms with Crippen molar-refractivity contribution in [2.24, 2.45) is 0 Å². The van der Waals surface area contributed by atoms with E-state index in [1.165, 1.54) is 0 Å². The van der Waals surface area contributed by atoms with Crippen molar-refractivity contribution >= 4 is 11.6 Å². The number of nitrogens with one attached hydrogen (secondary N) is 1. The summed E-state index contributed by atoms with van der Waals surface area (Å²) in [6.45, 7) is 2.70. The van der Waals surface area contributed by atoms with E-state index >= 15 is 0 Å². The standard InChI is InChI=1S/C16H17N3O3/c1-11-4-3-5-15-18-12(9-19(11)15)8-17-16(20)14-7-6-13(22-14)10-21-2/h3-7,9H,8,10H2,1-2H3,(H,17,20). The Morgan fingerprint density at radius 3 is 3.00 bits per heavy atom. The second kappa shape index (κ2) is 6.03. The van der Waals surface area contributed by atoms with Gasteiger partial charge in [0.1, 0.15) is 18.0 Å². The van der Waals surface area contributed by atoms with Crippen LogP contribution in [0.15, 0.2) is 40.9 Å². The number of aromatic nitrogens is 2. The van der Waals surface area contributed by atoms with Crippen LogP contribution in [0.25, 0.3) is 5.65 Å². The van der Waals surface area contributed by atoms with Crippen molar-refractivity contribution < 1.29 is 13.9 Å². The molecule has 0 aromatic carbocycles. The van der Waals surface area contributed by atoms with E-state index in [2.05, 4.69) is 10.3 Å². The number of pyridine rings is 1. The van der Waals surface area contributed by atoms with Gasteiger partial charge in [0.25, 0.3) is 5.91 Å². The Labute approximate surface area is 127 Å². The number of hydrogen-bond donors (Lipinski definition) is 1. The van der Waals surface area contributed by atoms with Gasteiger partial charge in [0.05, 0.1) is 12.2 Å². The minimum atomic E-state index is -0.267. The molecule has 0 fully saturated rings. The van der Waals surface area contributed by atoms with Gasteiger partial charge < -0.3 is 18.9 Å². The van der Waals surface area contributed by atoms with Gasteiger partial charge in [-0.2, -0.15) is 0 Å². The van der Waals surface area contributed by atoms with Gasteiger partial charge >= 0.3 is 0 Å². The molecule has 1 N–H and O–H groups in total. The van der Waals surface area contributed by atoms with Crippen LogP contribution >= 0.6 is 0 Å². The summed E-state index contributed by atoms with van der Waals surface area (Å²) in [6.07, 6.45) is 1.92. The van der Waals surface area contributed by atoms with Gasteiger partial charge in [-0.1, -0.05) is 6.07 Å². The number of carbonyl (C=O) groups is 1. The van der Waals surface area contributed by atoms with Crippen LogP contribution in [-0.2, 0) is 17.9 Å². The highest BCUT2D eigenvalue weighted by molar-refractivity contribution is 5.91. The first kappa shape index (κ1) is 14.3. The minimum Gasteiger partial charge on any atom is -0.453 e. The Hall–Kier alpha value is -2.60. The zero-order valence-electron chi connectivity index (χ0n) is 12.5. The summed E-state index contributed by atoms with van der Waals surface area (Å²) < 4.78 is 12.3. The summed E-state index contributed by atoms with van der Waals surface area (Å²) in [5, 5.41) is 2.80. The molecule has 3 rings (SSSR count). The third kappa shape index (κ3) is 2.87. The van der Waals surface area contributed by atoms with Crippen LogP contribution in [0, 0.1) is 6.92 Å². The van der Waals surface area contributed by atoms with Gasteiger partial charge in [-0.05, 0) is 31.2 Å². The van der Waals surface area contributed by atoms with Gasteiger partial charge in [0, 0.05) is 19.0 Å². The van der Waals surface area contributed by atoms with Gasteiger partial charge in [0.2, 0.25) is 0 Å². The molecule has 3 aromatic rings. The fraction of sp³-hybridized carbons (Fsp3) is 0.250. The molecule has 114 valence electrons. The predicted molar refractivity (Wildman–Crippen MR) is 80.5 cm³/mol. The van der Waals surface area contributed by atoms with Crippen LogP contribution in [0.1, 0.15) is 27.7 Å². The maximum Gasteiger partial charge on any atom is 0.287 e. The lowest BCUT2D eigenvalue weighted by Crippen LogP contribution is -2.22. The molecule has 0 aliphatic carbocycles. The second-order valence-corrected chi connectivity index (χ2v) is 5.01. The van der Waals surface area contributed by atoms with Crippen molar-refractivity contribution in [1.82, 2.24) is 14.7 Å². The summed E-state index contributed by atoms with van der Waals surface area (Å²) >= 11 is 0. The normalized spacial score (nSPS) is 11.0. The Morgan fingerprint density at radius 2 is 2.23 bits per heavy atom. The van der Waals surface area contributed by atoms with Crippen LogP contribution in [0.3, 0.4) is 0 Å². The molecule has 0 saturated heterocycles. The van der Waals surface area contributed by atoms with Gasteiger partial charge in [-0.25, -0.2) is 4.98 Å². The lowest BCUT2D eigenvalue weighted by atomic mass is 10.4. The van der Waals surface area contributed by atoms with Gasteiger partial charge in [0.15, 0.2) is 5.76 Å². The van der Waals surface area contributed by atoms with E-state index < -0.39 is 0 Å². The number of amides is 1. The average Bonchev–Trinajstić information content (AvgIpc) is 3.12. The minimum absolute atomic E-state index is 0.267. The smallest absolute Gasteiger partial charge is 0.287 e. The van der Waals surface area contributed by atoms with Crippen molar-refractivity contribution in [1.29, 1.82) is 0 Å². The average molecular weight is 299 g/mol. The van der Waals surface area contributed by atoms with Crippen molar-refractivity contribution in [2.45, 2.75) is 20.1 Å². The predicted octanol–water partition coefficient (Wildman–Crippen LogP) is 2.31. The number of carbonyl (C=O) groups excluding carboxylic acids is 1. The summed E-state index contributed by atoms with van der Waals surface area (Å²) in [7, 11) is 1.58. The highest BCUT2D eigenvalue weighted by atomic mass is 16.5. The maximum absolute atomic E-state index is 12.0. The fourth-order valence-corrected chi connectivity index (χ4v) is 2.26. The van der Waals surface area contributed by atoms with E-state index in [4.69, 9.17) is 9.15 Å². The number of aryl methyl sites for hydroxylation is 1. The van der Waals surface area contributed by atoms with Crippen molar-refractivity contribution in [2.75, 3.05) is 7.11 Å². The quantitative estimate of drug-likeness (QED) is 0.785. The molecule has 0 aliphatic rings. The SMILES string of the molecule is COCc1ccc(C(=O)NCc2cn3c(C)cccc3n2)o1. The number of rotatable bonds is 5. The molecule has 3 aromatic heterocycles. The van der Waals surface area contributed by atoms with Crippen molar-refractivity contribution in [3.63, 3.8) is 0 Å². The lowest BCUT2D eigenvalue weighted by molar-refractivity contribution is 0.0914. The number of hydrogen-bond acceptors (Lipinski definition) is 4. The zero-order valence-corrected chi connectivity index (χ0v) is 12.5. The third-order valence-corrected chi connectivity index (χ3v) is 3.35. The van der Waals surface area contributed by atoms with Gasteiger partial charge in [-0.15, -0.1) is 0 Å². The number of fused-ring (bicyclic) bond motifs is 1. The van der Waals surface area contributed by atoms with E-state index in [1.54, 1.807) is 19.2 Å². The van der Waals surface area contributed by atoms with Crippen LogP contribution in [-0.4, -0.2) is 22.4 Å². The fourth-order valence-electron chi connectivity index (χ4n) is 2.26. The molecule has 0 atom stereocenters. The molecular formula is C16H17N3O3. The lowest BCUT2D eigenvalue weighted by Gasteiger charge is -2.00. The molecule has 0 radical (unpaired) electrons. The van der Waals surface area contributed by atoms with E-state index in [9.17, 15) is 4.79 Å². The first-order valence-electron chi connectivity index (χ1n) is 6.97. The molecule has 6 nitrogen and oxygen atoms in total. The van der Waals surface area contributed by atoms with Crippen LogP contribution in [0.2, 0.25) is 0 Å². The summed E-state index contributed by atoms with van der Waals surface area (Å²) in [6, 6.07) is 9.27. The first-order valence-corrected chi connectivity index (χ1v) is 6.97. The molecule has 22 heavy (non-hydrogen) atoms. The first-order chi connectivity index (χ1) is 10.7. The Bertz CT molecular complexity index is 804. The molecule has 0 saturated carbocycles. The molecule has 3 heterocycles. The number of furan rings is 1. The van der Waals surface area contributed by atoms with Gasteiger partial charge in [-0.3, -0.25) is 4.79 Å². The number of ether oxygens (including phenoxy) is 1. The van der Waals surface area contributed by atoms with E-state index in [0.717, 1.165) is 17.0 Å². The summed E-state index contributed by atoms with van der Waals surface area (Å²) in [4.78, 5) is 16.5. The Morgan fingerprint density at radius 1 is 1.36 bits per heavy atom. The summed E-state index contributed by atoms with van der Waals surface area (Å²) in [5.41, 5.74) is 2.76. The molecule has 1 amide bonds. The maximum atomic E-state index is 12.0. The molecule has 0 unspecified atom stereocenters. The topological polar surface area (TPSA) is 68.8 Å². The third-order valence-electron chi connectivity index (χ3n) is 3.35. The number of nitrogens with zero attached hydrogens (tertiary/aromatic N) is 2. The zero-order chi connectivity index (χ0) is 15.5. The van der Waals surface area contributed by atoms with Crippen LogP contribution in [0.4, 0.5) is 0 Å². The number of imidazole rings is 1. The monoisotopic (exact) mass is 299 g/mol. The van der Waals surface area contributed by atoms with E-state index in [0.29, 0.717) is 18.9 Å². The van der Waals surface area contributed by atoms with Crippen LogP contribution in [0.5, 0.6) is 0 Å². The highest BCUT2D eigenvalue weighted by Crippen LogP contribution is 2.10. The second-order valence-electron chi connectivity index (χ2n) is 5.01. The van der Waals surface area contributed by atoms with Crippen LogP contribution < -0.4 is 5.32 Å². The van der Waals surface area contributed by atoms with E-state index in [-0.39, 0.29) is 11.7 Å². The number of methoxy groups -OCH3 is 1. The van der Waals surface area contributed by atoms with E-state index in [1.807, 2.05) is 35.7 Å². The highest BCUT2D eigenvalue weighted by Gasteiger charge is 2.12. The Kier molecular flexibility index (Phi) is 3.93. The molecule has 6 heteroatoms.